The molecule has 0 aliphatic heterocycles. The Morgan fingerprint density at radius 2 is 0.647 bits per heavy atom. The van der Waals surface area contributed by atoms with Crippen molar-refractivity contribution in [2.45, 2.75) is 24.7 Å². The van der Waals surface area contributed by atoms with E-state index in [1.165, 1.54) is 0 Å². The van der Waals surface area contributed by atoms with Gasteiger partial charge in [-0.2, -0.15) is 63.2 Å². The summed E-state index contributed by atoms with van der Waals surface area (Å²) in [7, 11) is 0. The lowest BCUT2D eigenvalue weighted by atomic mass is 10.0. The summed E-state index contributed by atoms with van der Waals surface area (Å²) < 4.78 is 168. The van der Waals surface area contributed by atoms with E-state index in [4.69, 9.17) is 0 Å². The summed E-state index contributed by atoms with van der Waals surface area (Å²) in [6.45, 7) is -9.55. The first-order valence-corrected chi connectivity index (χ1v) is 8.10. The second-order valence-electron chi connectivity index (χ2n) is 5.91. The van der Waals surface area contributed by atoms with Gasteiger partial charge in [-0.15, -0.1) is 0 Å². The van der Waals surface area contributed by atoms with Crippen molar-refractivity contribution in [3.05, 3.63) is 11.1 Å². The van der Waals surface area contributed by atoms with Crippen LogP contribution in [0.4, 0.5) is 52.7 Å². The van der Waals surface area contributed by atoms with Crippen molar-refractivity contribution in [2.75, 3.05) is 26.4 Å². The minimum absolute atomic E-state index is 1.01. The van der Waals surface area contributed by atoms with E-state index in [0.29, 0.717) is 0 Å². The third-order valence-corrected chi connectivity index (χ3v) is 3.07. The second kappa shape index (κ2) is 10.2. The van der Waals surface area contributed by atoms with E-state index in [0.717, 1.165) is 12.1 Å². The average molecular weight is 520 g/mol. The average Bonchev–Trinajstić information content (AvgIpc) is 2.64. The maximum Gasteiger partial charge on any atom is 0.422 e. The van der Waals surface area contributed by atoms with Crippen LogP contribution in [0, 0.1) is 22.7 Å². The van der Waals surface area contributed by atoms with Crippen LogP contribution in [0.2, 0.25) is 0 Å². The fourth-order valence-electron chi connectivity index (χ4n) is 2.03. The molecular weight excluding hydrogens is 512 g/mol. The van der Waals surface area contributed by atoms with E-state index >= 15 is 0 Å². The molecular formula is C16H8F12N2O4. The number of nitriles is 2. The Morgan fingerprint density at radius 1 is 0.441 bits per heavy atom. The van der Waals surface area contributed by atoms with Crippen LogP contribution < -0.4 is 18.9 Å². The Labute approximate surface area is 180 Å². The molecule has 0 atom stereocenters. The van der Waals surface area contributed by atoms with Gasteiger partial charge in [0.05, 0.1) is 0 Å². The zero-order chi connectivity index (χ0) is 26.5. The number of nitrogens with zero attached hydrogens (tertiary/aromatic N) is 2. The van der Waals surface area contributed by atoms with Gasteiger partial charge in [-0.25, -0.2) is 0 Å². The van der Waals surface area contributed by atoms with E-state index in [1.54, 1.807) is 0 Å². The monoisotopic (exact) mass is 520 g/mol. The second-order valence-corrected chi connectivity index (χ2v) is 5.91. The molecule has 0 amide bonds. The van der Waals surface area contributed by atoms with Crippen molar-refractivity contribution in [3.63, 3.8) is 0 Å². The molecule has 1 aromatic rings. The predicted molar refractivity (Wildman–Crippen MR) is 82.1 cm³/mol. The van der Waals surface area contributed by atoms with Crippen molar-refractivity contribution >= 4 is 0 Å². The van der Waals surface area contributed by atoms with Crippen molar-refractivity contribution in [3.8, 4) is 35.1 Å². The number of alkyl halides is 12. The van der Waals surface area contributed by atoms with Gasteiger partial charge in [0, 0.05) is 0 Å². The highest BCUT2D eigenvalue weighted by Crippen LogP contribution is 2.51. The number of ether oxygens (including phenoxy) is 4. The van der Waals surface area contributed by atoms with Crippen molar-refractivity contribution < 1.29 is 71.6 Å². The van der Waals surface area contributed by atoms with Crippen LogP contribution in [0.5, 0.6) is 23.0 Å². The zero-order valence-corrected chi connectivity index (χ0v) is 15.9. The van der Waals surface area contributed by atoms with Crippen LogP contribution >= 0.6 is 0 Å². The Morgan fingerprint density at radius 3 is 0.824 bits per heavy atom. The standard InChI is InChI=1S/C16H8F12N2O4/c17-13(18,19)3-31-9-7(1-29)8(2-30)10(32-4-14(20,21)22)12(34-6-16(26,27)28)11(9)33-5-15(23,24)25/h3-6H2. The minimum Gasteiger partial charge on any atom is -0.479 e. The van der Waals surface area contributed by atoms with Gasteiger partial charge in [-0.1, -0.05) is 0 Å². The number of benzene rings is 1. The van der Waals surface area contributed by atoms with Crippen LogP contribution in [0.3, 0.4) is 0 Å². The van der Waals surface area contributed by atoms with Crippen molar-refractivity contribution in [1.82, 2.24) is 0 Å². The summed E-state index contributed by atoms with van der Waals surface area (Å²) in [4.78, 5) is 0. The van der Waals surface area contributed by atoms with Crippen LogP contribution in [-0.2, 0) is 0 Å². The van der Waals surface area contributed by atoms with Crippen LogP contribution in [0.1, 0.15) is 11.1 Å². The molecule has 1 aromatic carbocycles. The van der Waals surface area contributed by atoms with Crippen LogP contribution in [-0.4, -0.2) is 51.1 Å². The Hall–Kier alpha value is -3.44. The summed E-state index contributed by atoms with van der Waals surface area (Å²) in [5, 5.41) is 18.4. The molecule has 0 bridgehead atoms. The molecule has 0 aliphatic rings. The van der Waals surface area contributed by atoms with Gasteiger partial charge >= 0.3 is 24.7 Å². The van der Waals surface area contributed by atoms with Crippen molar-refractivity contribution in [1.29, 1.82) is 10.5 Å². The molecule has 0 aliphatic carbocycles. The quantitative estimate of drug-likeness (QED) is 0.439. The highest BCUT2D eigenvalue weighted by molar-refractivity contribution is 5.73. The molecule has 18 heteroatoms. The topological polar surface area (TPSA) is 84.5 Å². The normalized spacial score (nSPS) is 12.5. The third kappa shape index (κ3) is 9.20. The van der Waals surface area contributed by atoms with E-state index in [9.17, 15) is 63.2 Å². The molecule has 1 rings (SSSR count). The summed E-state index contributed by atoms with van der Waals surface area (Å²) in [6.07, 6.45) is -21.0. The Balaban J connectivity index is 3.92. The fourth-order valence-corrected chi connectivity index (χ4v) is 2.03. The smallest absolute Gasteiger partial charge is 0.422 e. The summed E-state index contributed by atoms with van der Waals surface area (Å²) in [5.74, 6) is -6.84. The largest absolute Gasteiger partial charge is 0.479 e. The maximum absolute atomic E-state index is 12.6. The van der Waals surface area contributed by atoms with Crippen molar-refractivity contribution in [2.24, 2.45) is 0 Å². The number of hydrogen-bond acceptors (Lipinski definition) is 6. The molecule has 0 heterocycles. The molecule has 190 valence electrons. The summed E-state index contributed by atoms with van der Waals surface area (Å²) in [5.41, 5.74) is -2.83. The zero-order valence-electron chi connectivity index (χ0n) is 15.9. The first-order valence-electron chi connectivity index (χ1n) is 8.10. The van der Waals surface area contributed by atoms with E-state index in [2.05, 4.69) is 18.9 Å². The number of rotatable bonds is 8. The lowest BCUT2D eigenvalue weighted by molar-refractivity contribution is -0.162. The van der Waals surface area contributed by atoms with Gasteiger partial charge < -0.3 is 18.9 Å². The SMILES string of the molecule is N#Cc1c(C#N)c(OCC(F)(F)F)c(OCC(F)(F)F)c(OCC(F)(F)F)c1OCC(F)(F)F. The van der Waals surface area contributed by atoms with Crippen LogP contribution in [0.15, 0.2) is 0 Å². The maximum atomic E-state index is 12.6. The molecule has 0 spiro atoms. The van der Waals surface area contributed by atoms with Gasteiger partial charge in [0.15, 0.2) is 37.9 Å². The highest BCUT2D eigenvalue weighted by Gasteiger charge is 2.39. The minimum atomic E-state index is -5.28. The number of hydrogen-bond donors (Lipinski definition) is 0. The third-order valence-electron chi connectivity index (χ3n) is 3.07. The van der Waals surface area contributed by atoms with E-state index in [1.807, 2.05) is 0 Å². The molecule has 0 saturated carbocycles. The first-order chi connectivity index (χ1) is 15.3. The Bertz CT molecular complexity index is 875. The van der Waals surface area contributed by atoms with Gasteiger partial charge in [0.25, 0.3) is 0 Å². The summed E-state index contributed by atoms with van der Waals surface area (Å²) in [6, 6.07) is 2.02. The van der Waals surface area contributed by atoms with Crippen LogP contribution in [0.25, 0.3) is 0 Å². The molecule has 6 nitrogen and oxygen atoms in total. The lowest BCUT2D eigenvalue weighted by Crippen LogP contribution is -2.25. The molecule has 34 heavy (non-hydrogen) atoms. The van der Waals surface area contributed by atoms with Gasteiger partial charge in [0.2, 0.25) is 11.5 Å². The van der Waals surface area contributed by atoms with E-state index in [-0.39, 0.29) is 0 Å². The molecule has 0 N–H and O–H groups in total. The van der Waals surface area contributed by atoms with Gasteiger partial charge in [-0.05, 0) is 0 Å². The highest BCUT2D eigenvalue weighted by atomic mass is 19.4. The molecule has 0 saturated heterocycles. The Kier molecular flexibility index (Phi) is 8.60. The lowest BCUT2D eigenvalue weighted by Gasteiger charge is -2.23. The fraction of sp³-hybridized carbons (Fsp3) is 0.500. The molecule has 0 unspecified atom stereocenters. The number of halogens is 12. The molecule has 0 aromatic heterocycles. The van der Waals surface area contributed by atoms with E-state index < -0.39 is 85.3 Å². The first kappa shape index (κ1) is 28.6. The predicted octanol–water partition coefficient (Wildman–Crippen LogP) is 5.19. The molecule has 0 fully saturated rings. The van der Waals surface area contributed by atoms with Gasteiger partial charge in [-0.3, -0.25) is 0 Å². The van der Waals surface area contributed by atoms with Gasteiger partial charge in [0.1, 0.15) is 23.3 Å². The molecule has 0 radical (unpaired) electrons. The summed E-state index contributed by atoms with van der Waals surface area (Å²) >= 11 is 0.